The number of nitrogens with one attached hydrogen (secondary N) is 4. The summed E-state index contributed by atoms with van der Waals surface area (Å²) in [7, 11) is 0. The minimum atomic E-state index is -0.170. The molecule has 23 heavy (non-hydrogen) atoms. The van der Waals surface area contributed by atoms with Crippen molar-refractivity contribution in [1.82, 2.24) is 25.9 Å². The first kappa shape index (κ1) is 16.7. The van der Waals surface area contributed by atoms with Gasteiger partial charge < -0.3 is 20.9 Å². The van der Waals surface area contributed by atoms with Crippen molar-refractivity contribution in [3.63, 3.8) is 0 Å². The van der Waals surface area contributed by atoms with Crippen LogP contribution in [0.1, 0.15) is 55.3 Å². The van der Waals surface area contributed by atoms with E-state index in [1.165, 1.54) is 25.7 Å². The molecule has 1 aliphatic carbocycles. The molecular weight excluding hydrogens is 314 g/mol. The molecule has 2 aliphatic rings. The standard InChI is InChI=1S/C16H26ClN5O/c1-2-11-14(17)22-15(20-11)16(23)21-12-7-8-18-9-13(12)19-10-5-3-4-6-10/h10,12-13,18-19H,2-9H2,1H3,(H,20,22)(H,21,23). The molecule has 0 spiro atoms. The molecule has 4 N–H and O–H groups in total. The summed E-state index contributed by atoms with van der Waals surface area (Å²) in [6.45, 7) is 3.79. The molecule has 7 heteroatoms. The second-order valence-electron chi connectivity index (χ2n) is 6.54. The molecule has 2 heterocycles. The molecule has 3 rings (SSSR count). The third kappa shape index (κ3) is 4.05. The Morgan fingerprint density at radius 2 is 2.09 bits per heavy atom. The smallest absolute Gasteiger partial charge is 0.287 e. The fraction of sp³-hybridized carbons (Fsp3) is 0.750. The van der Waals surface area contributed by atoms with E-state index in [9.17, 15) is 4.79 Å². The molecule has 1 saturated carbocycles. The number of imidazole rings is 1. The van der Waals surface area contributed by atoms with Crippen LogP contribution in [0.2, 0.25) is 5.15 Å². The highest BCUT2D eigenvalue weighted by Gasteiger charge is 2.30. The average Bonchev–Trinajstić information content (AvgIpc) is 3.18. The first-order chi connectivity index (χ1) is 11.2. The normalized spacial score (nSPS) is 25.7. The molecule has 2 fully saturated rings. The topological polar surface area (TPSA) is 81.8 Å². The van der Waals surface area contributed by atoms with Crippen LogP contribution in [0.25, 0.3) is 0 Å². The summed E-state index contributed by atoms with van der Waals surface area (Å²) in [5.41, 5.74) is 0.808. The molecule has 1 amide bonds. The first-order valence-corrected chi connectivity index (χ1v) is 9.07. The average molecular weight is 340 g/mol. The minimum Gasteiger partial charge on any atom is -0.345 e. The number of H-pyrrole nitrogens is 1. The fourth-order valence-corrected chi connectivity index (χ4v) is 3.83. The van der Waals surface area contributed by atoms with Crippen molar-refractivity contribution in [2.45, 2.75) is 63.6 Å². The Morgan fingerprint density at radius 3 is 2.78 bits per heavy atom. The number of amides is 1. The van der Waals surface area contributed by atoms with E-state index in [1.807, 2.05) is 6.92 Å². The van der Waals surface area contributed by atoms with Crippen molar-refractivity contribution in [3.8, 4) is 0 Å². The van der Waals surface area contributed by atoms with Crippen molar-refractivity contribution < 1.29 is 4.79 Å². The lowest BCUT2D eigenvalue weighted by Crippen LogP contribution is -2.60. The Kier molecular flexibility index (Phi) is 5.56. The van der Waals surface area contributed by atoms with Crippen molar-refractivity contribution in [1.29, 1.82) is 0 Å². The molecule has 128 valence electrons. The fourth-order valence-electron chi connectivity index (χ4n) is 3.57. The van der Waals surface area contributed by atoms with Crippen LogP contribution in [-0.2, 0) is 6.42 Å². The Hall–Kier alpha value is -1.11. The van der Waals surface area contributed by atoms with Gasteiger partial charge in [-0.3, -0.25) is 4.79 Å². The Morgan fingerprint density at radius 1 is 1.30 bits per heavy atom. The number of carbonyl (C=O) groups is 1. The SMILES string of the molecule is CCc1[nH]c(C(=O)NC2CCNCC2NC2CCCC2)nc1Cl. The molecule has 2 unspecified atom stereocenters. The van der Waals surface area contributed by atoms with Gasteiger partial charge in [-0.05, 0) is 32.2 Å². The monoisotopic (exact) mass is 339 g/mol. The van der Waals surface area contributed by atoms with Gasteiger partial charge in [-0.2, -0.15) is 0 Å². The number of aromatic amines is 1. The maximum absolute atomic E-state index is 12.5. The van der Waals surface area contributed by atoms with Crippen molar-refractivity contribution in [3.05, 3.63) is 16.7 Å². The van der Waals surface area contributed by atoms with Crippen LogP contribution in [-0.4, -0.2) is 47.1 Å². The third-order valence-corrected chi connectivity index (χ3v) is 5.21. The lowest BCUT2D eigenvalue weighted by Gasteiger charge is -2.35. The predicted octanol–water partition coefficient (Wildman–Crippen LogP) is 1.62. The molecular formula is C16H26ClN5O. The van der Waals surface area contributed by atoms with E-state index in [1.54, 1.807) is 0 Å². The lowest BCUT2D eigenvalue weighted by atomic mass is 9.99. The number of hydrogen-bond acceptors (Lipinski definition) is 4. The van der Waals surface area contributed by atoms with E-state index in [4.69, 9.17) is 11.6 Å². The zero-order valence-electron chi connectivity index (χ0n) is 13.6. The predicted molar refractivity (Wildman–Crippen MR) is 90.9 cm³/mol. The highest BCUT2D eigenvalue weighted by atomic mass is 35.5. The molecule has 1 aliphatic heterocycles. The lowest BCUT2D eigenvalue weighted by molar-refractivity contribution is 0.0906. The largest absolute Gasteiger partial charge is 0.345 e. The molecule has 1 aromatic rings. The van der Waals surface area contributed by atoms with Crippen LogP contribution >= 0.6 is 11.6 Å². The van der Waals surface area contributed by atoms with E-state index in [-0.39, 0.29) is 18.0 Å². The van der Waals surface area contributed by atoms with Crippen LogP contribution in [0.5, 0.6) is 0 Å². The summed E-state index contributed by atoms with van der Waals surface area (Å²) < 4.78 is 0. The zero-order valence-corrected chi connectivity index (χ0v) is 14.4. The van der Waals surface area contributed by atoms with Gasteiger partial charge in [0, 0.05) is 24.7 Å². The molecule has 0 bridgehead atoms. The van der Waals surface area contributed by atoms with Crippen molar-refractivity contribution in [2.75, 3.05) is 13.1 Å². The van der Waals surface area contributed by atoms with E-state index in [0.717, 1.165) is 31.6 Å². The number of nitrogens with zero attached hydrogens (tertiary/aromatic N) is 1. The van der Waals surface area contributed by atoms with Crippen molar-refractivity contribution in [2.24, 2.45) is 0 Å². The summed E-state index contributed by atoms with van der Waals surface area (Å²) in [5.74, 6) is 0.140. The summed E-state index contributed by atoms with van der Waals surface area (Å²) >= 11 is 6.03. The van der Waals surface area contributed by atoms with E-state index < -0.39 is 0 Å². The molecule has 6 nitrogen and oxygen atoms in total. The summed E-state index contributed by atoms with van der Waals surface area (Å²) in [6, 6.07) is 0.981. The van der Waals surface area contributed by atoms with Gasteiger partial charge >= 0.3 is 0 Å². The number of carbonyl (C=O) groups excluding carboxylic acids is 1. The van der Waals surface area contributed by atoms with E-state index >= 15 is 0 Å². The summed E-state index contributed by atoms with van der Waals surface area (Å²) in [6.07, 6.45) is 6.75. The maximum atomic E-state index is 12.5. The van der Waals surface area contributed by atoms with Gasteiger partial charge in [0.15, 0.2) is 11.0 Å². The van der Waals surface area contributed by atoms with Crippen LogP contribution in [0.15, 0.2) is 0 Å². The number of aromatic nitrogens is 2. The molecule has 1 aromatic heterocycles. The molecule has 0 radical (unpaired) electrons. The highest BCUT2D eigenvalue weighted by Crippen LogP contribution is 2.19. The first-order valence-electron chi connectivity index (χ1n) is 8.69. The van der Waals surface area contributed by atoms with Crippen LogP contribution < -0.4 is 16.0 Å². The zero-order chi connectivity index (χ0) is 16.2. The van der Waals surface area contributed by atoms with Crippen molar-refractivity contribution >= 4 is 17.5 Å². The van der Waals surface area contributed by atoms with Gasteiger partial charge in [-0.25, -0.2) is 4.98 Å². The van der Waals surface area contributed by atoms with Crippen LogP contribution in [0.4, 0.5) is 0 Å². The number of hydrogen-bond donors (Lipinski definition) is 4. The van der Waals surface area contributed by atoms with Crippen LogP contribution in [0, 0.1) is 0 Å². The number of rotatable bonds is 5. The van der Waals surface area contributed by atoms with Gasteiger partial charge in [-0.1, -0.05) is 31.4 Å². The Labute approximate surface area is 142 Å². The molecule has 0 aromatic carbocycles. The van der Waals surface area contributed by atoms with E-state index in [2.05, 4.69) is 25.9 Å². The van der Waals surface area contributed by atoms with Gasteiger partial charge in [0.25, 0.3) is 5.91 Å². The summed E-state index contributed by atoms with van der Waals surface area (Å²) in [4.78, 5) is 19.6. The Bertz CT molecular complexity index is 541. The Balaban J connectivity index is 1.62. The second kappa shape index (κ2) is 7.64. The molecule has 1 saturated heterocycles. The van der Waals surface area contributed by atoms with Gasteiger partial charge in [-0.15, -0.1) is 0 Å². The maximum Gasteiger partial charge on any atom is 0.287 e. The minimum absolute atomic E-state index is 0.123. The second-order valence-corrected chi connectivity index (χ2v) is 6.89. The van der Waals surface area contributed by atoms with Gasteiger partial charge in [0.05, 0.1) is 5.69 Å². The van der Waals surface area contributed by atoms with E-state index in [0.29, 0.717) is 17.0 Å². The quantitative estimate of drug-likeness (QED) is 0.657. The molecule has 2 atom stereocenters. The van der Waals surface area contributed by atoms with Gasteiger partial charge in [0.1, 0.15) is 0 Å². The number of aryl methyl sites for hydroxylation is 1. The third-order valence-electron chi connectivity index (χ3n) is 4.90. The van der Waals surface area contributed by atoms with Crippen LogP contribution in [0.3, 0.4) is 0 Å². The highest BCUT2D eigenvalue weighted by molar-refractivity contribution is 6.30. The van der Waals surface area contributed by atoms with Gasteiger partial charge in [0.2, 0.25) is 0 Å². The number of halogens is 1. The number of piperidine rings is 1. The summed E-state index contributed by atoms with van der Waals surface area (Å²) in [5, 5.41) is 10.7.